The number of nitrogens with two attached hydrogens (primary N) is 2. The third-order valence-corrected chi connectivity index (χ3v) is 2.90. The van der Waals surface area contributed by atoms with Gasteiger partial charge >= 0.3 is 0 Å². The van der Waals surface area contributed by atoms with E-state index in [1.807, 2.05) is 0 Å². The van der Waals surface area contributed by atoms with E-state index in [2.05, 4.69) is 17.9 Å². The number of thiol groups is 1. The van der Waals surface area contributed by atoms with Crippen LogP contribution < -0.4 is 16.8 Å². The minimum absolute atomic E-state index is 0.112. The maximum atomic E-state index is 11.7. The molecule has 0 spiro atoms. The summed E-state index contributed by atoms with van der Waals surface area (Å²) >= 11 is 3.95. The van der Waals surface area contributed by atoms with Gasteiger partial charge in [-0.05, 0) is 12.8 Å². The van der Waals surface area contributed by atoms with Crippen LogP contribution in [0.25, 0.3) is 0 Å². The number of guanidine groups is 1. The van der Waals surface area contributed by atoms with Crippen LogP contribution in [0.2, 0.25) is 0 Å². The fraction of sp³-hybridized carbons (Fsp3) is 0.700. The molecule has 6 N–H and O–H groups in total. The predicted octanol–water partition coefficient (Wildman–Crippen LogP) is -1.47. The third kappa shape index (κ3) is 5.87. The van der Waals surface area contributed by atoms with Gasteiger partial charge in [0.2, 0.25) is 5.91 Å². The topological polar surface area (TPSA) is 125 Å². The summed E-state index contributed by atoms with van der Waals surface area (Å²) < 4.78 is 0. The van der Waals surface area contributed by atoms with Crippen LogP contribution in [0, 0.1) is 5.41 Å². The van der Waals surface area contributed by atoms with Gasteiger partial charge < -0.3 is 26.5 Å². The van der Waals surface area contributed by atoms with Crippen LogP contribution in [0.15, 0.2) is 0 Å². The Morgan fingerprint density at radius 2 is 2.22 bits per heavy atom. The SMILES string of the molecule is CN(C(=O)[C@@H](N)CS)[C@H](C=O)CCCNC(=N)N. The molecule has 0 heterocycles. The molecular weight excluding hydrogens is 254 g/mol. The fourth-order valence-electron chi connectivity index (χ4n) is 1.39. The van der Waals surface area contributed by atoms with Crippen molar-refractivity contribution in [3.8, 4) is 0 Å². The lowest BCUT2D eigenvalue weighted by Gasteiger charge is -2.26. The second-order valence-corrected chi connectivity index (χ2v) is 4.29. The largest absolute Gasteiger partial charge is 0.370 e. The van der Waals surface area contributed by atoms with E-state index in [0.717, 1.165) is 6.29 Å². The van der Waals surface area contributed by atoms with Crippen LogP contribution in [-0.2, 0) is 9.59 Å². The van der Waals surface area contributed by atoms with Crippen molar-refractivity contribution < 1.29 is 9.59 Å². The van der Waals surface area contributed by atoms with Crippen LogP contribution in [0.3, 0.4) is 0 Å². The third-order valence-electron chi connectivity index (χ3n) is 2.51. The summed E-state index contributed by atoms with van der Waals surface area (Å²) in [5, 5.41) is 9.60. The summed E-state index contributed by atoms with van der Waals surface area (Å²) in [5.74, 6) is -0.179. The Morgan fingerprint density at radius 3 is 2.67 bits per heavy atom. The summed E-state index contributed by atoms with van der Waals surface area (Å²) in [5.41, 5.74) is 10.7. The summed E-state index contributed by atoms with van der Waals surface area (Å²) in [6.07, 6.45) is 1.83. The van der Waals surface area contributed by atoms with Crippen LogP contribution >= 0.6 is 12.6 Å². The summed E-state index contributed by atoms with van der Waals surface area (Å²) in [6.45, 7) is 0.486. The maximum Gasteiger partial charge on any atom is 0.240 e. The number of aldehydes is 1. The van der Waals surface area contributed by atoms with Crippen molar-refractivity contribution in [2.24, 2.45) is 11.5 Å². The Kier molecular flexibility index (Phi) is 8.14. The molecule has 0 unspecified atom stereocenters. The Bertz CT molecular complexity index is 300. The number of carbonyl (C=O) groups is 2. The van der Waals surface area contributed by atoms with E-state index < -0.39 is 12.1 Å². The van der Waals surface area contributed by atoms with Gasteiger partial charge in [0.05, 0.1) is 12.1 Å². The Morgan fingerprint density at radius 1 is 1.61 bits per heavy atom. The van der Waals surface area contributed by atoms with Gasteiger partial charge in [-0.2, -0.15) is 12.6 Å². The zero-order valence-corrected chi connectivity index (χ0v) is 11.3. The zero-order chi connectivity index (χ0) is 14.1. The number of nitrogens with one attached hydrogen (secondary N) is 2. The molecule has 0 aliphatic rings. The molecule has 0 aromatic heterocycles. The molecule has 0 saturated carbocycles. The van der Waals surface area contributed by atoms with Crippen molar-refractivity contribution in [3.05, 3.63) is 0 Å². The maximum absolute atomic E-state index is 11.7. The molecule has 0 fully saturated rings. The van der Waals surface area contributed by atoms with E-state index in [-0.39, 0.29) is 17.6 Å². The standard InChI is InChI=1S/C10H21N5O2S/c1-15(9(17)8(11)6-18)7(5-16)3-2-4-14-10(12)13/h5,7-8,18H,2-4,6,11H2,1H3,(H4,12,13,14)/t7-,8-/m0/s1. The molecule has 7 nitrogen and oxygen atoms in total. The molecule has 0 radical (unpaired) electrons. The molecule has 8 heteroatoms. The van der Waals surface area contributed by atoms with E-state index in [4.69, 9.17) is 16.9 Å². The van der Waals surface area contributed by atoms with Crippen molar-refractivity contribution in [1.82, 2.24) is 10.2 Å². The van der Waals surface area contributed by atoms with Crippen LogP contribution in [0.5, 0.6) is 0 Å². The van der Waals surface area contributed by atoms with Crippen molar-refractivity contribution >= 4 is 30.8 Å². The average Bonchev–Trinajstić information content (AvgIpc) is 2.36. The number of likely N-dealkylation sites (N-methyl/N-ethyl adjacent to an activating group) is 1. The summed E-state index contributed by atoms with van der Waals surface area (Å²) in [6, 6.07) is -1.21. The molecule has 0 rings (SSSR count). The molecule has 18 heavy (non-hydrogen) atoms. The van der Waals surface area contributed by atoms with Crippen molar-refractivity contribution in [2.75, 3.05) is 19.3 Å². The highest BCUT2D eigenvalue weighted by Crippen LogP contribution is 2.04. The molecular formula is C10H21N5O2S. The summed E-state index contributed by atoms with van der Waals surface area (Å²) in [7, 11) is 1.54. The van der Waals surface area contributed by atoms with Crippen molar-refractivity contribution in [1.29, 1.82) is 5.41 Å². The van der Waals surface area contributed by atoms with Crippen molar-refractivity contribution in [3.63, 3.8) is 0 Å². The molecule has 0 aliphatic carbocycles. The molecule has 104 valence electrons. The Hall–Kier alpha value is -1.28. The van der Waals surface area contributed by atoms with Gasteiger partial charge in [-0.15, -0.1) is 0 Å². The minimum Gasteiger partial charge on any atom is -0.370 e. The molecule has 0 bridgehead atoms. The first kappa shape index (κ1) is 16.7. The Balaban J connectivity index is 4.19. The van der Waals surface area contributed by atoms with Gasteiger partial charge in [-0.25, -0.2) is 0 Å². The molecule has 0 aromatic rings. The quantitative estimate of drug-likeness (QED) is 0.122. The van der Waals surface area contributed by atoms with Crippen molar-refractivity contribution in [2.45, 2.75) is 24.9 Å². The lowest BCUT2D eigenvalue weighted by atomic mass is 10.1. The van der Waals surface area contributed by atoms with E-state index in [0.29, 0.717) is 19.4 Å². The highest BCUT2D eigenvalue weighted by Gasteiger charge is 2.23. The van der Waals surface area contributed by atoms with E-state index >= 15 is 0 Å². The average molecular weight is 275 g/mol. The Labute approximate surface area is 112 Å². The number of nitrogens with zero attached hydrogens (tertiary/aromatic N) is 1. The molecule has 0 aromatic carbocycles. The smallest absolute Gasteiger partial charge is 0.240 e. The van der Waals surface area contributed by atoms with Gasteiger partial charge in [0.25, 0.3) is 0 Å². The van der Waals surface area contributed by atoms with Crippen LogP contribution in [-0.4, -0.2) is 54.5 Å². The van der Waals surface area contributed by atoms with Gasteiger partial charge in [-0.1, -0.05) is 0 Å². The van der Waals surface area contributed by atoms with Gasteiger partial charge in [0, 0.05) is 19.3 Å². The van der Waals surface area contributed by atoms with E-state index in [9.17, 15) is 9.59 Å². The number of amides is 1. The van der Waals surface area contributed by atoms with Gasteiger partial charge in [-0.3, -0.25) is 10.2 Å². The second-order valence-electron chi connectivity index (χ2n) is 3.92. The number of hydrogen-bond acceptors (Lipinski definition) is 5. The minimum atomic E-state index is -0.698. The number of carbonyl (C=O) groups excluding carboxylic acids is 2. The molecule has 2 atom stereocenters. The highest BCUT2D eigenvalue weighted by molar-refractivity contribution is 7.80. The summed E-state index contributed by atoms with van der Waals surface area (Å²) in [4.78, 5) is 24.0. The molecule has 1 amide bonds. The normalized spacial score (nSPS) is 13.5. The van der Waals surface area contributed by atoms with Crippen LogP contribution in [0.4, 0.5) is 0 Å². The first-order valence-corrected chi connectivity index (χ1v) is 6.23. The second kappa shape index (κ2) is 8.76. The highest BCUT2D eigenvalue weighted by atomic mass is 32.1. The first-order chi connectivity index (χ1) is 8.43. The number of hydrogen-bond donors (Lipinski definition) is 5. The van der Waals surface area contributed by atoms with E-state index in [1.54, 1.807) is 7.05 Å². The van der Waals surface area contributed by atoms with Gasteiger partial charge in [0.1, 0.15) is 6.29 Å². The van der Waals surface area contributed by atoms with E-state index in [1.165, 1.54) is 4.90 Å². The van der Waals surface area contributed by atoms with Crippen LogP contribution in [0.1, 0.15) is 12.8 Å². The molecule has 0 saturated heterocycles. The number of rotatable bonds is 8. The fourth-order valence-corrected chi connectivity index (χ4v) is 1.55. The monoisotopic (exact) mass is 275 g/mol. The lowest BCUT2D eigenvalue weighted by molar-refractivity contribution is -0.135. The predicted molar refractivity (Wildman–Crippen MR) is 73.6 cm³/mol. The zero-order valence-electron chi connectivity index (χ0n) is 10.4. The first-order valence-electron chi connectivity index (χ1n) is 5.60. The lowest BCUT2D eigenvalue weighted by Crippen LogP contribution is -2.48. The molecule has 0 aliphatic heterocycles. The van der Waals surface area contributed by atoms with Gasteiger partial charge in [0.15, 0.2) is 5.96 Å².